The van der Waals surface area contributed by atoms with Crippen molar-refractivity contribution in [3.63, 3.8) is 0 Å². The van der Waals surface area contributed by atoms with Crippen molar-refractivity contribution in [1.29, 1.82) is 0 Å². The lowest BCUT2D eigenvalue weighted by atomic mass is 10.2. The molecule has 0 saturated heterocycles. The Morgan fingerprint density at radius 3 is 2.32 bits per heavy atom. The molecule has 2 amide bonds. The van der Waals surface area contributed by atoms with E-state index in [9.17, 15) is 4.79 Å². The second-order valence-electron chi connectivity index (χ2n) is 6.18. The van der Waals surface area contributed by atoms with E-state index in [4.69, 9.17) is 4.74 Å². The van der Waals surface area contributed by atoms with Gasteiger partial charge < -0.3 is 15.4 Å². The van der Waals surface area contributed by atoms with Gasteiger partial charge in [-0.15, -0.1) is 0 Å². The number of anilines is 3. The van der Waals surface area contributed by atoms with Crippen molar-refractivity contribution < 1.29 is 9.53 Å². The largest absolute Gasteiger partial charge is 0.497 e. The van der Waals surface area contributed by atoms with E-state index in [0.717, 1.165) is 5.75 Å². The normalized spacial score (nSPS) is 10.7. The molecule has 0 aliphatic carbocycles. The predicted molar refractivity (Wildman–Crippen MR) is 99.6 cm³/mol. The van der Waals surface area contributed by atoms with Crippen LogP contribution in [0, 0.1) is 0 Å². The summed E-state index contributed by atoms with van der Waals surface area (Å²) >= 11 is 0. The molecule has 1 aromatic heterocycles. The third-order valence-electron chi connectivity index (χ3n) is 3.23. The quantitative estimate of drug-likeness (QED) is 0.838. The van der Waals surface area contributed by atoms with Crippen molar-refractivity contribution in [2.75, 3.05) is 17.3 Å². The zero-order valence-electron chi connectivity index (χ0n) is 15.3. The lowest BCUT2D eigenvalue weighted by Crippen LogP contribution is -2.41. The van der Waals surface area contributed by atoms with Crippen molar-refractivity contribution in [3.8, 4) is 5.75 Å². The fraction of sp³-hybridized carbons (Fsp3) is 0.389. The van der Waals surface area contributed by atoms with Crippen LogP contribution in [0.25, 0.3) is 0 Å². The van der Waals surface area contributed by atoms with E-state index in [-0.39, 0.29) is 18.1 Å². The van der Waals surface area contributed by atoms with E-state index < -0.39 is 0 Å². The van der Waals surface area contributed by atoms with Crippen molar-refractivity contribution in [2.45, 2.75) is 39.8 Å². The summed E-state index contributed by atoms with van der Waals surface area (Å²) in [6.45, 7) is 7.83. The molecule has 0 aliphatic rings. The summed E-state index contributed by atoms with van der Waals surface area (Å²) in [5, 5.41) is 6.05. The third-order valence-corrected chi connectivity index (χ3v) is 3.23. The number of nitrogens with zero attached hydrogens (tertiary/aromatic N) is 3. The van der Waals surface area contributed by atoms with Crippen molar-refractivity contribution in [3.05, 3.63) is 36.5 Å². The van der Waals surface area contributed by atoms with Gasteiger partial charge in [-0.1, -0.05) is 0 Å². The van der Waals surface area contributed by atoms with Crippen LogP contribution < -0.4 is 20.3 Å². The number of hydrogen-bond donors (Lipinski definition) is 2. The number of amides is 2. The minimum Gasteiger partial charge on any atom is -0.497 e. The molecule has 0 spiro atoms. The summed E-state index contributed by atoms with van der Waals surface area (Å²) in [5.74, 6) is 1.68. The zero-order chi connectivity index (χ0) is 18.4. The average molecular weight is 343 g/mol. The molecule has 0 fully saturated rings. The Morgan fingerprint density at radius 2 is 1.76 bits per heavy atom. The summed E-state index contributed by atoms with van der Waals surface area (Å²) in [6.07, 6.45) is 1.63. The molecular formula is C18H25N5O2. The van der Waals surface area contributed by atoms with Crippen LogP contribution in [0.1, 0.15) is 27.7 Å². The molecule has 2 aromatic rings. The van der Waals surface area contributed by atoms with Crippen LogP contribution in [-0.2, 0) is 0 Å². The van der Waals surface area contributed by atoms with Crippen LogP contribution in [-0.4, -0.2) is 35.2 Å². The highest BCUT2D eigenvalue weighted by molar-refractivity contribution is 5.98. The molecular weight excluding hydrogens is 318 g/mol. The van der Waals surface area contributed by atoms with Crippen molar-refractivity contribution >= 4 is 23.5 Å². The molecule has 1 heterocycles. The van der Waals surface area contributed by atoms with Gasteiger partial charge in [-0.3, -0.25) is 0 Å². The standard InChI is InChI=1S/C18H25N5O2/c1-12(2)20-17-19-11-10-16(22-17)23(18(24)21-13(3)4)14-6-8-15(25-5)9-7-14/h6-13H,1-5H3,(H,21,24)(H,19,20,22). The number of carbonyl (C=O) groups excluding carboxylic acids is 1. The molecule has 7 nitrogen and oxygen atoms in total. The molecule has 0 saturated carbocycles. The maximum atomic E-state index is 12.7. The fourth-order valence-corrected chi connectivity index (χ4v) is 2.20. The number of carbonyl (C=O) groups is 1. The monoisotopic (exact) mass is 343 g/mol. The van der Waals surface area contributed by atoms with Crippen LogP contribution in [0.15, 0.2) is 36.5 Å². The summed E-state index contributed by atoms with van der Waals surface area (Å²) in [5.41, 5.74) is 0.688. The van der Waals surface area contributed by atoms with Gasteiger partial charge in [-0.25, -0.2) is 14.7 Å². The molecule has 2 rings (SSSR count). The molecule has 0 aliphatic heterocycles. The second kappa shape index (κ2) is 8.32. The van der Waals surface area contributed by atoms with E-state index in [0.29, 0.717) is 17.5 Å². The highest BCUT2D eigenvalue weighted by atomic mass is 16.5. The number of benzene rings is 1. The van der Waals surface area contributed by atoms with Crippen LogP contribution in [0.2, 0.25) is 0 Å². The first-order chi connectivity index (χ1) is 11.9. The first-order valence-corrected chi connectivity index (χ1v) is 8.25. The Kier molecular flexibility index (Phi) is 6.16. The maximum Gasteiger partial charge on any atom is 0.327 e. The van der Waals surface area contributed by atoms with Crippen LogP contribution in [0.4, 0.5) is 22.2 Å². The van der Waals surface area contributed by atoms with Crippen LogP contribution in [0.3, 0.4) is 0 Å². The smallest absolute Gasteiger partial charge is 0.327 e. The van der Waals surface area contributed by atoms with Gasteiger partial charge in [0.2, 0.25) is 5.95 Å². The van der Waals surface area contributed by atoms with Gasteiger partial charge >= 0.3 is 6.03 Å². The number of rotatable bonds is 6. The summed E-state index contributed by atoms with van der Waals surface area (Å²) in [6, 6.07) is 8.88. The molecule has 7 heteroatoms. The molecule has 0 unspecified atom stereocenters. The van der Waals surface area contributed by atoms with E-state index in [2.05, 4.69) is 20.6 Å². The molecule has 25 heavy (non-hydrogen) atoms. The third kappa shape index (κ3) is 5.07. The first-order valence-electron chi connectivity index (χ1n) is 8.25. The number of aromatic nitrogens is 2. The average Bonchev–Trinajstić information content (AvgIpc) is 2.55. The lowest BCUT2D eigenvalue weighted by Gasteiger charge is -2.24. The Labute approximate surface area is 148 Å². The fourth-order valence-electron chi connectivity index (χ4n) is 2.20. The first kappa shape index (κ1) is 18.5. The number of ether oxygens (including phenoxy) is 1. The molecule has 0 radical (unpaired) electrons. The van der Waals surface area contributed by atoms with Gasteiger partial charge in [0, 0.05) is 24.3 Å². The van der Waals surface area contributed by atoms with Gasteiger partial charge in [-0.05, 0) is 52.0 Å². The second-order valence-corrected chi connectivity index (χ2v) is 6.18. The Hall–Kier alpha value is -2.83. The number of methoxy groups -OCH3 is 1. The van der Waals surface area contributed by atoms with Gasteiger partial charge in [-0.2, -0.15) is 4.98 Å². The lowest BCUT2D eigenvalue weighted by molar-refractivity contribution is 0.246. The Bertz CT molecular complexity index is 701. The van der Waals surface area contributed by atoms with E-state index in [1.54, 1.807) is 31.5 Å². The van der Waals surface area contributed by atoms with Crippen LogP contribution in [0.5, 0.6) is 5.75 Å². The van der Waals surface area contributed by atoms with E-state index >= 15 is 0 Å². The Morgan fingerprint density at radius 1 is 1.08 bits per heavy atom. The highest BCUT2D eigenvalue weighted by Gasteiger charge is 2.20. The molecule has 1 aromatic carbocycles. The molecule has 0 bridgehead atoms. The number of nitrogens with one attached hydrogen (secondary N) is 2. The van der Waals surface area contributed by atoms with E-state index in [1.807, 2.05) is 39.8 Å². The van der Waals surface area contributed by atoms with Crippen molar-refractivity contribution in [1.82, 2.24) is 15.3 Å². The van der Waals surface area contributed by atoms with Crippen LogP contribution >= 0.6 is 0 Å². The zero-order valence-corrected chi connectivity index (χ0v) is 15.3. The minimum atomic E-state index is -0.255. The maximum absolute atomic E-state index is 12.7. The summed E-state index contributed by atoms with van der Waals surface area (Å²) in [4.78, 5) is 22.9. The Balaban J connectivity index is 2.41. The van der Waals surface area contributed by atoms with E-state index in [1.165, 1.54) is 4.90 Å². The number of urea groups is 1. The van der Waals surface area contributed by atoms with Gasteiger partial charge in [0.25, 0.3) is 0 Å². The van der Waals surface area contributed by atoms with Crippen molar-refractivity contribution in [2.24, 2.45) is 0 Å². The summed E-state index contributed by atoms with van der Waals surface area (Å²) in [7, 11) is 1.60. The van der Waals surface area contributed by atoms with Gasteiger partial charge in [0.1, 0.15) is 11.6 Å². The van der Waals surface area contributed by atoms with Gasteiger partial charge in [0.05, 0.1) is 12.8 Å². The molecule has 134 valence electrons. The highest BCUT2D eigenvalue weighted by Crippen LogP contribution is 2.26. The number of hydrogen-bond acceptors (Lipinski definition) is 5. The SMILES string of the molecule is COc1ccc(N(C(=O)NC(C)C)c2ccnc(NC(C)C)n2)cc1. The topological polar surface area (TPSA) is 79.4 Å². The summed E-state index contributed by atoms with van der Waals surface area (Å²) < 4.78 is 5.19. The molecule has 0 atom stereocenters. The van der Waals surface area contributed by atoms with Gasteiger partial charge in [0.15, 0.2) is 0 Å². The predicted octanol–water partition coefficient (Wildman–Crippen LogP) is 3.56. The minimum absolute atomic E-state index is 0.00310. The molecule has 2 N–H and O–H groups in total.